The van der Waals surface area contributed by atoms with Gasteiger partial charge in [-0.05, 0) is 25.5 Å². The topological polar surface area (TPSA) is 61.4 Å². The summed E-state index contributed by atoms with van der Waals surface area (Å²) in [4.78, 5) is 12.0. The van der Waals surface area contributed by atoms with Crippen molar-refractivity contribution >= 4 is 11.6 Å². The first-order chi connectivity index (χ1) is 8.22. The molecule has 0 aliphatic rings. The highest BCUT2D eigenvalue weighted by Crippen LogP contribution is 2.14. The molecule has 0 aromatic heterocycles. The quantitative estimate of drug-likeness (QED) is 0.703. The molecule has 3 N–H and O–H groups in total. The van der Waals surface area contributed by atoms with Gasteiger partial charge in [0, 0.05) is 12.2 Å². The van der Waals surface area contributed by atoms with Crippen molar-refractivity contribution in [1.82, 2.24) is 5.32 Å². The van der Waals surface area contributed by atoms with Crippen LogP contribution in [0.1, 0.15) is 30.6 Å². The van der Waals surface area contributed by atoms with Crippen LogP contribution in [-0.4, -0.2) is 30.2 Å². The van der Waals surface area contributed by atoms with E-state index >= 15 is 0 Å². The number of anilines is 1. The number of nitrogens with one attached hydrogen (secondary N) is 2. The summed E-state index contributed by atoms with van der Waals surface area (Å²) in [5.74, 6) is -0.151. The van der Waals surface area contributed by atoms with Crippen LogP contribution >= 0.6 is 0 Å². The second-order valence-electron chi connectivity index (χ2n) is 3.84. The lowest BCUT2D eigenvalue weighted by Gasteiger charge is -2.16. The summed E-state index contributed by atoms with van der Waals surface area (Å²) in [5, 5.41) is 15.0. The molecule has 0 aliphatic carbocycles. The largest absolute Gasteiger partial charge is 0.394 e. The Morgan fingerprint density at radius 2 is 2.06 bits per heavy atom. The molecule has 4 nitrogen and oxygen atoms in total. The van der Waals surface area contributed by atoms with Gasteiger partial charge in [-0.15, -0.1) is 0 Å². The standard InChI is InChI=1S/C13H20N2O2/c1-3-10(9-16)15-13(17)11-7-5-6-8-12(11)14-4-2/h5-8,10,14,16H,3-4,9H2,1-2H3,(H,15,17)/t10-/m0/s1. The van der Waals surface area contributed by atoms with Gasteiger partial charge in [-0.2, -0.15) is 0 Å². The summed E-state index contributed by atoms with van der Waals surface area (Å²) in [6, 6.07) is 7.18. The van der Waals surface area contributed by atoms with Gasteiger partial charge < -0.3 is 15.7 Å². The van der Waals surface area contributed by atoms with Gasteiger partial charge in [0.2, 0.25) is 0 Å². The van der Waals surface area contributed by atoms with E-state index in [1.807, 2.05) is 32.0 Å². The van der Waals surface area contributed by atoms with Crippen LogP contribution in [0, 0.1) is 0 Å². The lowest BCUT2D eigenvalue weighted by Crippen LogP contribution is -2.37. The van der Waals surface area contributed by atoms with Crippen LogP contribution in [0.2, 0.25) is 0 Å². The van der Waals surface area contributed by atoms with E-state index in [0.29, 0.717) is 12.0 Å². The predicted molar refractivity (Wildman–Crippen MR) is 69.2 cm³/mol. The predicted octanol–water partition coefficient (Wildman–Crippen LogP) is 1.62. The first kappa shape index (κ1) is 13.5. The first-order valence-electron chi connectivity index (χ1n) is 5.97. The number of carbonyl (C=O) groups is 1. The third-order valence-corrected chi connectivity index (χ3v) is 2.59. The van der Waals surface area contributed by atoms with E-state index in [1.54, 1.807) is 6.07 Å². The zero-order valence-electron chi connectivity index (χ0n) is 10.4. The highest BCUT2D eigenvalue weighted by molar-refractivity contribution is 5.99. The molecule has 0 saturated heterocycles. The van der Waals surface area contributed by atoms with Crippen LogP contribution in [-0.2, 0) is 0 Å². The molecule has 17 heavy (non-hydrogen) atoms. The molecule has 0 unspecified atom stereocenters. The van der Waals surface area contributed by atoms with Crippen LogP contribution in [0.3, 0.4) is 0 Å². The average molecular weight is 236 g/mol. The number of amides is 1. The first-order valence-corrected chi connectivity index (χ1v) is 5.97. The minimum Gasteiger partial charge on any atom is -0.394 e. The number of aliphatic hydroxyl groups excluding tert-OH is 1. The van der Waals surface area contributed by atoms with E-state index < -0.39 is 0 Å². The highest BCUT2D eigenvalue weighted by Gasteiger charge is 2.13. The van der Waals surface area contributed by atoms with Crippen molar-refractivity contribution in [3.05, 3.63) is 29.8 Å². The Morgan fingerprint density at radius 3 is 2.65 bits per heavy atom. The maximum atomic E-state index is 12.0. The van der Waals surface area contributed by atoms with Crippen molar-refractivity contribution in [2.24, 2.45) is 0 Å². The van der Waals surface area contributed by atoms with Crippen LogP contribution in [0.4, 0.5) is 5.69 Å². The zero-order valence-corrected chi connectivity index (χ0v) is 10.4. The minimum atomic E-state index is -0.183. The van der Waals surface area contributed by atoms with Gasteiger partial charge in [0.25, 0.3) is 5.91 Å². The van der Waals surface area contributed by atoms with Crippen LogP contribution < -0.4 is 10.6 Å². The molecule has 1 amide bonds. The molecular weight excluding hydrogens is 216 g/mol. The SMILES string of the molecule is CCNc1ccccc1C(=O)N[C@@H](CC)CO. The van der Waals surface area contributed by atoms with Gasteiger partial charge in [0.1, 0.15) is 0 Å². The lowest BCUT2D eigenvalue weighted by molar-refractivity contribution is 0.0916. The fourth-order valence-corrected chi connectivity index (χ4v) is 1.57. The molecule has 1 atom stereocenters. The number of para-hydroxylation sites is 1. The molecule has 0 saturated carbocycles. The maximum Gasteiger partial charge on any atom is 0.253 e. The van der Waals surface area contributed by atoms with E-state index in [1.165, 1.54) is 0 Å². The maximum absolute atomic E-state index is 12.0. The van der Waals surface area contributed by atoms with Crippen molar-refractivity contribution in [1.29, 1.82) is 0 Å². The number of benzene rings is 1. The molecule has 4 heteroatoms. The Bertz CT molecular complexity index is 362. The summed E-state index contributed by atoms with van der Waals surface area (Å²) in [7, 11) is 0. The summed E-state index contributed by atoms with van der Waals surface area (Å²) in [6.45, 7) is 4.64. The fraction of sp³-hybridized carbons (Fsp3) is 0.462. The molecule has 1 aromatic carbocycles. The molecule has 1 rings (SSSR count). The number of carbonyl (C=O) groups excluding carboxylic acids is 1. The molecule has 0 spiro atoms. The molecular formula is C13H20N2O2. The average Bonchev–Trinajstić information content (AvgIpc) is 2.36. The smallest absolute Gasteiger partial charge is 0.253 e. The van der Waals surface area contributed by atoms with E-state index in [-0.39, 0.29) is 18.6 Å². The Labute approximate surface area is 102 Å². The summed E-state index contributed by atoms with van der Waals surface area (Å²) in [6.07, 6.45) is 0.714. The molecule has 0 radical (unpaired) electrons. The molecule has 94 valence electrons. The number of hydrogen-bond donors (Lipinski definition) is 3. The molecule has 0 heterocycles. The second kappa shape index (κ2) is 6.91. The Morgan fingerprint density at radius 1 is 1.35 bits per heavy atom. The Hall–Kier alpha value is -1.55. The van der Waals surface area contributed by atoms with Gasteiger partial charge >= 0.3 is 0 Å². The third kappa shape index (κ3) is 3.75. The molecule has 0 fully saturated rings. The fourth-order valence-electron chi connectivity index (χ4n) is 1.57. The van der Waals surface area contributed by atoms with Crippen LogP contribution in [0.25, 0.3) is 0 Å². The summed E-state index contributed by atoms with van der Waals surface area (Å²) < 4.78 is 0. The normalized spacial score (nSPS) is 11.9. The number of hydrogen-bond acceptors (Lipinski definition) is 3. The zero-order chi connectivity index (χ0) is 12.7. The summed E-state index contributed by atoms with van der Waals surface area (Å²) >= 11 is 0. The van der Waals surface area contributed by atoms with Gasteiger partial charge in [-0.1, -0.05) is 19.1 Å². The van der Waals surface area contributed by atoms with Crippen molar-refractivity contribution in [3.8, 4) is 0 Å². The van der Waals surface area contributed by atoms with Crippen molar-refractivity contribution in [2.75, 3.05) is 18.5 Å². The van der Waals surface area contributed by atoms with Crippen LogP contribution in [0.5, 0.6) is 0 Å². The van der Waals surface area contributed by atoms with E-state index in [4.69, 9.17) is 5.11 Å². The van der Waals surface area contributed by atoms with Gasteiger partial charge in [-0.3, -0.25) is 4.79 Å². The highest BCUT2D eigenvalue weighted by atomic mass is 16.3. The van der Waals surface area contributed by atoms with E-state index in [0.717, 1.165) is 12.2 Å². The van der Waals surface area contributed by atoms with E-state index in [2.05, 4.69) is 10.6 Å². The van der Waals surface area contributed by atoms with Crippen molar-refractivity contribution < 1.29 is 9.90 Å². The van der Waals surface area contributed by atoms with Crippen molar-refractivity contribution in [3.63, 3.8) is 0 Å². The summed E-state index contributed by atoms with van der Waals surface area (Å²) in [5.41, 5.74) is 1.43. The van der Waals surface area contributed by atoms with Gasteiger partial charge in [0.15, 0.2) is 0 Å². The van der Waals surface area contributed by atoms with Gasteiger partial charge in [-0.25, -0.2) is 0 Å². The van der Waals surface area contributed by atoms with Crippen molar-refractivity contribution in [2.45, 2.75) is 26.3 Å². The molecule has 1 aromatic rings. The Balaban J connectivity index is 2.80. The Kier molecular flexibility index (Phi) is 5.49. The van der Waals surface area contributed by atoms with Crippen LogP contribution in [0.15, 0.2) is 24.3 Å². The van der Waals surface area contributed by atoms with E-state index in [9.17, 15) is 4.79 Å². The van der Waals surface area contributed by atoms with Gasteiger partial charge in [0.05, 0.1) is 18.2 Å². The third-order valence-electron chi connectivity index (χ3n) is 2.59. The number of aliphatic hydroxyl groups is 1. The second-order valence-corrected chi connectivity index (χ2v) is 3.84. The lowest BCUT2D eigenvalue weighted by atomic mass is 10.1. The molecule has 0 aliphatic heterocycles. The molecule has 0 bridgehead atoms. The minimum absolute atomic E-state index is 0.0361. The number of rotatable bonds is 6. The monoisotopic (exact) mass is 236 g/mol.